The van der Waals surface area contributed by atoms with Crippen LogP contribution in [0.25, 0.3) is 22.3 Å². The molecule has 2 saturated heterocycles. The van der Waals surface area contributed by atoms with Crippen LogP contribution in [0.2, 0.25) is 0 Å². The minimum Gasteiger partial charge on any atom is -0.508 e. The lowest BCUT2D eigenvalue weighted by Gasteiger charge is -2.44. The van der Waals surface area contributed by atoms with Crippen LogP contribution < -0.4 is 10.2 Å². The van der Waals surface area contributed by atoms with Crippen LogP contribution in [-0.2, 0) is 14.2 Å². The molecule has 14 heteroatoms. The highest BCUT2D eigenvalue weighted by Gasteiger charge is 2.49. The van der Waals surface area contributed by atoms with Gasteiger partial charge in [0, 0.05) is 23.8 Å². The number of benzene rings is 2. The molecule has 0 saturated carbocycles. The smallest absolute Gasteiger partial charge is 0.229 e. The maximum absolute atomic E-state index is 12.7. The average Bonchev–Trinajstić information content (AvgIpc) is 2.92. The zero-order chi connectivity index (χ0) is 28.7. The van der Waals surface area contributed by atoms with Crippen LogP contribution in [-0.4, -0.2) is 109 Å². The maximum Gasteiger partial charge on any atom is 0.229 e. The number of phenolic OH excluding ortho intramolecular Hbond substituents is 2. The first-order valence-electron chi connectivity index (χ1n) is 12.3. The Bertz CT molecular complexity index is 1390. The maximum atomic E-state index is 12.7. The molecular formula is C26H28O14. The summed E-state index contributed by atoms with van der Waals surface area (Å²) >= 11 is 0. The number of aliphatic hydroxyl groups is 6. The minimum atomic E-state index is -1.80. The fourth-order valence-corrected chi connectivity index (χ4v) is 4.56. The standard InChI is InChI=1S/C26H28O14/c27-8-18-21(33)22(34)23(35)25(39-18)40-24-20(32)15(31)9-36-26(24)37-12-5-13(29)19-14(30)7-16(38-17(19)6-12)10-1-3-11(28)4-2-10/h1-7,15,18,20-29,31-35H,8-9H2/t15-,18-,20-,21-,22+,23-,24-,25+,26-/m1/s1. The number of aromatic hydroxyl groups is 2. The Kier molecular flexibility index (Phi) is 7.96. The molecule has 40 heavy (non-hydrogen) atoms. The van der Waals surface area contributed by atoms with Gasteiger partial charge in [-0.2, -0.15) is 0 Å². The molecule has 5 rings (SSSR count). The van der Waals surface area contributed by atoms with E-state index in [0.29, 0.717) is 5.56 Å². The number of fused-ring (bicyclic) bond motifs is 1. The fraction of sp³-hybridized carbons (Fsp3) is 0.423. The molecule has 0 radical (unpaired) electrons. The van der Waals surface area contributed by atoms with Gasteiger partial charge in [0.15, 0.2) is 17.8 Å². The van der Waals surface area contributed by atoms with Crippen molar-refractivity contribution >= 4 is 11.0 Å². The SMILES string of the molecule is O=c1cc(-c2ccc(O)cc2)oc2cc(O[C@H]3OC[C@@H](O)[C@@H](O)[C@H]3O[C@@H]3O[C@H](CO)[C@@H](O)[C@H](O)[C@H]3O)cc(O)c12. The molecule has 216 valence electrons. The molecule has 2 aliphatic rings. The summed E-state index contributed by atoms with van der Waals surface area (Å²) in [6.45, 7) is -1.11. The highest BCUT2D eigenvalue weighted by molar-refractivity contribution is 5.86. The molecule has 3 aromatic rings. The van der Waals surface area contributed by atoms with Crippen molar-refractivity contribution in [2.75, 3.05) is 13.2 Å². The molecule has 0 spiro atoms. The summed E-state index contributed by atoms with van der Waals surface area (Å²) in [4.78, 5) is 12.7. The van der Waals surface area contributed by atoms with Gasteiger partial charge in [0.2, 0.25) is 6.29 Å². The van der Waals surface area contributed by atoms with E-state index in [1.54, 1.807) is 0 Å². The molecule has 14 nitrogen and oxygen atoms in total. The summed E-state index contributed by atoms with van der Waals surface area (Å²) in [5.74, 6) is -0.417. The van der Waals surface area contributed by atoms with Crippen molar-refractivity contribution in [3.05, 3.63) is 52.7 Å². The fourth-order valence-electron chi connectivity index (χ4n) is 4.56. The van der Waals surface area contributed by atoms with Crippen molar-refractivity contribution in [3.8, 4) is 28.6 Å². The topological polar surface area (TPSA) is 229 Å². The largest absolute Gasteiger partial charge is 0.508 e. The predicted molar refractivity (Wildman–Crippen MR) is 132 cm³/mol. The normalized spacial score (nSPS) is 32.7. The Hall–Kier alpha value is -3.31. The molecule has 2 aliphatic heterocycles. The van der Waals surface area contributed by atoms with E-state index in [9.17, 15) is 45.6 Å². The van der Waals surface area contributed by atoms with Crippen molar-refractivity contribution in [2.24, 2.45) is 0 Å². The average molecular weight is 564 g/mol. The van der Waals surface area contributed by atoms with Gasteiger partial charge in [0.25, 0.3) is 0 Å². The quantitative estimate of drug-likeness (QED) is 0.171. The third-order valence-electron chi connectivity index (χ3n) is 6.76. The minimum absolute atomic E-state index is 0.0143. The molecule has 0 bridgehead atoms. The van der Waals surface area contributed by atoms with Crippen LogP contribution in [0.3, 0.4) is 0 Å². The van der Waals surface area contributed by atoms with E-state index in [2.05, 4.69) is 0 Å². The van der Waals surface area contributed by atoms with Crippen LogP contribution in [0.1, 0.15) is 0 Å². The van der Waals surface area contributed by atoms with Crippen LogP contribution in [0, 0.1) is 0 Å². The highest BCUT2D eigenvalue weighted by atomic mass is 16.8. The van der Waals surface area contributed by atoms with Crippen LogP contribution in [0.15, 0.2) is 51.7 Å². The van der Waals surface area contributed by atoms with Gasteiger partial charge in [0.1, 0.15) is 70.6 Å². The number of rotatable bonds is 6. The van der Waals surface area contributed by atoms with Gasteiger partial charge < -0.3 is 64.2 Å². The molecule has 2 fully saturated rings. The summed E-state index contributed by atoms with van der Waals surface area (Å²) in [6.07, 6.45) is -14.3. The number of phenols is 2. The summed E-state index contributed by atoms with van der Waals surface area (Å²) in [5, 5.41) is 80.6. The van der Waals surface area contributed by atoms with E-state index >= 15 is 0 Å². The monoisotopic (exact) mass is 564 g/mol. The van der Waals surface area contributed by atoms with E-state index in [1.807, 2.05) is 0 Å². The Morgan fingerprint density at radius 3 is 2.30 bits per heavy atom. The van der Waals surface area contributed by atoms with Crippen molar-refractivity contribution in [1.29, 1.82) is 0 Å². The van der Waals surface area contributed by atoms with Crippen molar-refractivity contribution in [3.63, 3.8) is 0 Å². The van der Waals surface area contributed by atoms with Gasteiger partial charge in [-0.15, -0.1) is 0 Å². The second-order valence-electron chi connectivity index (χ2n) is 9.51. The van der Waals surface area contributed by atoms with Gasteiger partial charge in [-0.05, 0) is 24.3 Å². The molecule has 0 unspecified atom stereocenters. The molecule has 3 heterocycles. The van der Waals surface area contributed by atoms with E-state index < -0.39 is 73.1 Å². The lowest BCUT2D eigenvalue weighted by Crippen LogP contribution is -2.63. The van der Waals surface area contributed by atoms with Crippen molar-refractivity contribution < 1.29 is 64.2 Å². The van der Waals surface area contributed by atoms with Gasteiger partial charge in [0.05, 0.1) is 13.2 Å². The zero-order valence-electron chi connectivity index (χ0n) is 20.7. The number of aliphatic hydroxyl groups excluding tert-OH is 6. The first-order chi connectivity index (χ1) is 19.1. The van der Waals surface area contributed by atoms with Crippen LogP contribution in [0.5, 0.6) is 17.2 Å². The Balaban J connectivity index is 1.44. The zero-order valence-corrected chi connectivity index (χ0v) is 20.7. The third-order valence-corrected chi connectivity index (χ3v) is 6.76. The lowest BCUT2D eigenvalue weighted by molar-refractivity contribution is -0.348. The predicted octanol–water partition coefficient (Wildman–Crippen LogP) is -1.49. The molecule has 8 N–H and O–H groups in total. The highest BCUT2D eigenvalue weighted by Crippen LogP contribution is 2.34. The van der Waals surface area contributed by atoms with E-state index in [1.165, 1.54) is 36.4 Å². The second-order valence-corrected chi connectivity index (χ2v) is 9.51. The van der Waals surface area contributed by atoms with E-state index in [4.69, 9.17) is 23.4 Å². The number of ether oxygens (including phenoxy) is 4. The third kappa shape index (κ3) is 5.36. The number of hydrogen-bond acceptors (Lipinski definition) is 14. The summed E-state index contributed by atoms with van der Waals surface area (Å²) in [7, 11) is 0. The summed E-state index contributed by atoms with van der Waals surface area (Å²) in [6, 6.07) is 9.45. The second kappa shape index (κ2) is 11.3. The molecular weight excluding hydrogens is 536 g/mol. The van der Waals surface area contributed by atoms with Crippen LogP contribution >= 0.6 is 0 Å². The van der Waals surface area contributed by atoms with E-state index in [0.717, 1.165) is 6.07 Å². The van der Waals surface area contributed by atoms with Crippen LogP contribution in [0.4, 0.5) is 0 Å². The molecule has 0 amide bonds. The first-order valence-corrected chi connectivity index (χ1v) is 12.3. The summed E-state index contributed by atoms with van der Waals surface area (Å²) < 4.78 is 28.0. The summed E-state index contributed by atoms with van der Waals surface area (Å²) in [5.41, 5.74) is -0.138. The Labute approximate surface area is 225 Å². The van der Waals surface area contributed by atoms with Gasteiger partial charge in [-0.25, -0.2) is 0 Å². The molecule has 9 atom stereocenters. The van der Waals surface area contributed by atoms with Crippen molar-refractivity contribution in [1.82, 2.24) is 0 Å². The molecule has 1 aromatic heterocycles. The Morgan fingerprint density at radius 2 is 1.60 bits per heavy atom. The van der Waals surface area contributed by atoms with E-state index in [-0.39, 0.29) is 34.8 Å². The first kappa shape index (κ1) is 28.2. The lowest BCUT2D eigenvalue weighted by atomic mass is 9.99. The van der Waals surface area contributed by atoms with Crippen molar-refractivity contribution in [2.45, 2.75) is 55.3 Å². The Morgan fingerprint density at radius 1 is 0.875 bits per heavy atom. The molecule has 2 aromatic carbocycles. The molecule has 0 aliphatic carbocycles. The van der Waals surface area contributed by atoms with Gasteiger partial charge in [-0.1, -0.05) is 0 Å². The van der Waals surface area contributed by atoms with Gasteiger partial charge >= 0.3 is 0 Å². The number of hydrogen-bond donors (Lipinski definition) is 8. The van der Waals surface area contributed by atoms with Gasteiger partial charge in [-0.3, -0.25) is 4.79 Å².